The average Bonchev–Trinajstić information content (AvgIpc) is 3.32. The van der Waals surface area contributed by atoms with E-state index in [0.29, 0.717) is 51.1 Å². The Kier molecular flexibility index (Phi) is 8.12. The van der Waals surface area contributed by atoms with E-state index in [4.69, 9.17) is 24.0 Å². The lowest BCUT2D eigenvalue weighted by Crippen LogP contribution is -2.31. The van der Waals surface area contributed by atoms with Crippen molar-refractivity contribution >= 4 is 29.3 Å². The first-order valence-electron chi connectivity index (χ1n) is 11.8. The Bertz CT molecular complexity index is 1300. The molecule has 2 N–H and O–H groups in total. The van der Waals surface area contributed by atoms with Crippen molar-refractivity contribution in [3.63, 3.8) is 0 Å². The number of para-hydroxylation sites is 2. The van der Waals surface area contributed by atoms with E-state index in [0.717, 1.165) is 17.7 Å². The van der Waals surface area contributed by atoms with Crippen LogP contribution in [0.3, 0.4) is 0 Å². The highest BCUT2D eigenvalue weighted by molar-refractivity contribution is 7.99. The zero-order chi connectivity index (χ0) is 26.5. The van der Waals surface area contributed by atoms with Gasteiger partial charge in [-0.3, -0.25) is 4.79 Å². The number of rotatable bonds is 10. The number of hydrogen-bond acceptors (Lipinski definition) is 9. The van der Waals surface area contributed by atoms with Crippen molar-refractivity contribution in [2.45, 2.75) is 31.5 Å². The van der Waals surface area contributed by atoms with Crippen molar-refractivity contribution < 1.29 is 23.7 Å². The third-order valence-electron chi connectivity index (χ3n) is 5.87. The van der Waals surface area contributed by atoms with E-state index in [-0.39, 0.29) is 5.91 Å². The molecule has 0 saturated heterocycles. The minimum Gasteiger partial charge on any atom is -0.495 e. The van der Waals surface area contributed by atoms with E-state index < -0.39 is 6.04 Å². The van der Waals surface area contributed by atoms with Crippen LogP contribution in [0, 0.1) is 0 Å². The van der Waals surface area contributed by atoms with Gasteiger partial charge in [0.1, 0.15) is 11.8 Å². The summed E-state index contributed by atoms with van der Waals surface area (Å²) in [7, 11) is 6.22. The molecule has 1 aliphatic heterocycles. The number of hydrogen-bond donors (Lipinski definition) is 2. The molecule has 1 aliphatic rings. The summed E-state index contributed by atoms with van der Waals surface area (Å²) in [5, 5.41) is 11.6. The summed E-state index contributed by atoms with van der Waals surface area (Å²) in [4.78, 5) is 18.5. The summed E-state index contributed by atoms with van der Waals surface area (Å²) in [6.07, 6.45) is 0.988. The Morgan fingerprint density at radius 2 is 1.73 bits per heavy atom. The second-order valence-corrected chi connectivity index (χ2v) is 9.25. The normalized spacial score (nSPS) is 14.5. The molecule has 10 nitrogen and oxygen atoms in total. The molecule has 11 heteroatoms. The van der Waals surface area contributed by atoms with Gasteiger partial charge in [0.05, 0.1) is 39.7 Å². The van der Waals surface area contributed by atoms with Crippen molar-refractivity contribution in [2.75, 3.05) is 44.8 Å². The fourth-order valence-electron chi connectivity index (χ4n) is 4.18. The van der Waals surface area contributed by atoms with Crippen LogP contribution >= 0.6 is 11.8 Å². The number of carbonyl (C=O) groups excluding carboxylic acids is 1. The van der Waals surface area contributed by atoms with Gasteiger partial charge in [0.2, 0.25) is 16.9 Å². The number of nitrogens with one attached hydrogen (secondary N) is 2. The molecule has 0 aliphatic carbocycles. The Labute approximate surface area is 220 Å². The van der Waals surface area contributed by atoms with Crippen LogP contribution in [0.25, 0.3) is 0 Å². The second kappa shape index (κ2) is 11.5. The van der Waals surface area contributed by atoms with E-state index in [1.807, 2.05) is 31.2 Å². The van der Waals surface area contributed by atoms with Gasteiger partial charge in [0.15, 0.2) is 11.5 Å². The Morgan fingerprint density at radius 1 is 1.05 bits per heavy atom. The molecule has 1 unspecified atom stereocenters. The minimum atomic E-state index is -0.622. The number of carbonyl (C=O) groups is 1. The van der Waals surface area contributed by atoms with Crippen molar-refractivity contribution in [1.82, 2.24) is 14.8 Å². The number of ether oxygens (including phenoxy) is 4. The molecule has 0 saturated carbocycles. The van der Waals surface area contributed by atoms with Crippen LogP contribution in [0.5, 0.6) is 23.0 Å². The zero-order valence-electron chi connectivity index (χ0n) is 21.7. The van der Waals surface area contributed by atoms with E-state index in [2.05, 4.69) is 22.5 Å². The van der Waals surface area contributed by atoms with Gasteiger partial charge in [-0.05, 0) is 43.2 Å². The zero-order valence-corrected chi connectivity index (χ0v) is 22.6. The van der Waals surface area contributed by atoms with Crippen molar-refractivity contribution in [3.8, 4) is 23.0 Å². The maximum atomic E-state index is 13.8. The highest BCUT2D eigenvalue weighted by Gasteiger charge is 2.36. The van der Waals surface area contributed by atoms with Crippen LogP contribution in [0.2, 0.25) is 0 Å². The number of amides is 1. The largest absolute Gasteiger partial charge is 0.495 e. The molecule has 2 aromatic carbocycles. The number of nitrogens with zero attached hydrogens (tertiary/aromatic N) is 3. The predicted molar refractivity (Wildman–Crippen MR) is 143 cm³/mol. The molecule has 1 amide bonds. The Morgan fingerprint density at radius 3 is 2.35 bits per heavy atom. The van der Waals surface area contributed by atoms with E-state index >= 15 is 0 Å². The van der Waals surface area contributed by atoms with Gasteiger partial charge in [-0.2, -0.15) is 4.98 Å². The third kappa shape index (κ3) is 5.17. The number of aromatic nitrogens is 3. The number of allylic oxidation sites excluding steroid dienone is 1. The van der Waals surface area contributed by atoms with Gasteiger partial charge in [0.25, 0.3) is 5.91 Å². The van der Waals surface area contributed by atoms with Gasteiger partial charge in [0, 0.05) is 11.4 Å². The number of methoxy groups -OCH3 is 4. The second-order valence-electron chi connectivity index (χ2n) is 8.19. The van der Waals surface area contributed by atoms with E-state index in [1.165, 1.54) is 0 Å². The highest BCUT2D eigenvalue weighted by atomic mass is 32.2. The number of fused-ring (bicyclic) bond motifs is 1. The quantitative estimate of drug-likeness (QED) is 0.363. The summed E-state index contributed by atoms with van der Waals surface area (Å²) in [6, 6.07) is 10.3. The van der Waals surface area contributed by atoms with Crippen LogP contribution < -0.4 is 29.6 Å². The van der Waals surface area contributed by atoms with Gasteiger partial charge in [-0.15, -0.1) is 5.10 Å². The fraction of sp³-hybridized carbons (Fsp3) is 0.346. The topological polar surface area (TPSA) is 109 Å². The molecular weight excluding hydrogens is 494 g/mol. The summed E-state index contributed by atoms with van der Waals surface area (Å²) in [5.74, 6) is 3.08. The lowest BCUT2D eigenvalue weighted by Gasteiger charge is -2.29. The summed E-state index contributed by atoms with van der Waals surface area (Å²) in [6.45, 7) is 3.95. The number of benzene rings is 2. The Hall–Kier alpha value is -3.86. The lowest BCUT2D eigenvalue weighted by molar-refractivity contribution is -0.113. The molecular formula is C26H31N5O5S. The molecule has 37 heavy (non-hydrogen) atoms. The first-order valence-corrected chi connectivity index (χ1v) is 12.8. The van der Waals surface area contributed by atoms with E-state index in [9.17, 15) is 4.79 Å². The standard InChI is InChI=1S/C26H31N5O5S/c1-7-12-37-26-29-25-27-15(2)21(24(32)28-17-10-8-9-11-18(17)33-3)22(31(25)30-26)16-13-19(34-4)23(36-6)20(14-16)35-5/h8-11,13-14,22H,7,12H2,1-6H3,(H,28,32)(H,27,29,30). The monoisotopic (exact) mass is 525 g/mol. The molecule has 4 rings (SSSR count). The first-order chi connectivity index (χ1) is 17.9. The maximum absolute atomic E-state index is 13.8. The molecule has 0 fully saturated rings. The smallest absolute Gasteiger partial charge is 0.255 e. The van der Waals surface area contributed by atoms with Gasteiger partial charge in [-0.1, -0.05) is 30.8 Å². The van der Waals surface area contributed by atoms with E-state index in [1.54, 1.807) is 57.0 Å². The predicted octanol–water partition coefficient (Wildman–Crippen LogP) is 4.74. The maximum Gasteiger partial charge on any atom is 0.255 e. The molecule has 3 aromatic rings. The van der Waals surface area contributed by atoms with Crippen LogP contribution in [0.15, 0.2) is 52.8 Å². The van der Waals surface area contributed by atoms with Crippen molar-refractivity contribution in [3.05, 3.63) is 53.2 Å². The van der Waals surface area contributed by atoms with Crippen LogP contribution in [0.4, 0.5) is 11.6 Å². The molecule has 0 radical (unpaired) electrons. The van der Waals surface area contributed by atoms with Crippen molar-refractivity contribution in [1.29, 1.82) is 0 Å². The Balaban J connectivity index is 1.86. The number of thioether (sulfide) groups is 1. The van der Waals surface area contributed by atoms with Crippen LogP contribution in [-0.4, -0.2) is 54.9 Å². The van der Waals surface area contributed by atoms with Crippen LogP contribution in [-0.2, 0) is 4.79 Å². The minimum absolute atomic E-state index is 0.308. The molecule has 0 bridgehead atoms. The van der Waals surface area contributed by atoms with Crippen molar-refractivity contribution in [2.24, 2.45) is 0 Å². The van der Waals surface area contributed by atoms with Gasteiger partial charge >= 0.3 is 0 Å². The fourth-order valence-corrected chi connectivity index (χ4v) is 4.87. The van der Waals surface area contributed by atoms with Crippen LogP contribution in [0.1, 0.15) is 31.9 Å². The molecule has 2 heterocycles. The summed E-state index contributed by atoms with van der Waals surface area (Å²) in [5.41, 5.74) is 2.39. The van der Waals surface area contributed by atoms with Gasteiger partial charge < -0.3 is 29.6 Å². The molecule has 1 atom stereocenters. The summed E-state index contributed by atoms with van der Waals surface area (Å²) < 4.78 is 23.9. The van der Waals surface area contributed by atoms with Gasteiger partial charge in [-0.25, -0.2) is 4.68 Å². The molecule has 0 spiro atoms. The molecule has 1 aromatic heterocycles. The third-order valence-corrected chi connectivity index (χ3v) is 6.91. The lowest BCUT2D eigenvalue weighted by atomic mass is 9.94. The molecule has 196 valence electrons. The highest BCUT2D eigenvalue weighted by Crippen LogP contribution is 2.44. The first kappa shape index (κ1) is 26.2. The SMILES string of the molecule is CCCSc1nc2n(n1)C(c1cc(OC)c(OC)c(OC)c1)C(C(=O)Nc1ccccc1OC)=C(C)N2. The number of anilines is 2. The summed E-state index contributed by atoms with van der Waals surface area (Å²) >= 11 is 1.56. The average molecular weight is 526 g/mol.